The molecule has 15 nitrogen and oxygen atoms in total. The van der Waals surface area contributed by atoms with Crippen LogP contribution in [0, 0.1) is 23.7 Å². The standard InChI is InChI=1S/C53H81N7O8S/c1-15-35(6)46(59(12)51(64)44(33(2)3)57-49(63)45(34(4)5)58(11)32-38-23-19-24-39(29-38)55-52(65)68-53(8,9)10)42(66-13)31-43(61)60-27-20-25-41(60)47(67-14)36(7)48(62)56-40(50-54-26-28-69-50)30-37-21-17-16-18-22-37/h16-19,21-24,26,28-29,33-36,40-42,44-47H,15,20,25,27,30-32H2,1-14H3,(H,55,65)(H,56,62)(H,57,63)/t35-,36+,40-,41?,42+,44-,45-,46-,47+/m0/s1. The highest BCUT2D eigenvalue weighted by Crippen LogP contribution is 2.31. The number of aromatic nitrogens is 1. The van der Waals surface area contributed by atoms with Crippen molar-refractivity contribution < 1.29 is 38.2 Å². The van der Waals surface area contributed by atoms with E-state index in [2.05, 4.69) is 20.9 Å². The first-order valence-corrected chi connectivity index (χ1v) is 25.4. The number of likely N-dealkylation sites (N-methyl/N-ethyl adjacent to an activating group) is 2. The minimum Gasteiger partial charge on any atom is -0.444 e. The van der Waals surface area contributed by atoms with Gasteiger partial charge < -0.3 is 34.6 Å². The SMILES string of the molecule is CC[C@H](C)[C@@H]([C@@H](CC(=O)N1CCCC1[C@H](OC)[C@@H](C)C(=O)N[C@@H](Cc1ccccc1)c1nccs1)OC)N(C)C(=O)[C@@H](NC(=O)[C@H](C(C)C)N(C)Cc1cccc(NC(=O)OC(C)(C)C)c1)C(C)C. The fourth-order valence-electron chi connectivity index (χ4n) is 9.60. The van der Waals surface area contributed by atoms with Crippen molar-refractivity contribution in [3.05, 3.63) is 82.3 Å². The van der Waals surface area contributed by atoms with Gasteiger partial charge in [0.15, 0.2) is 0 Å². The number of methoxy groups -OCH3 is 2. The van der Waals surface area contributed by atoms with Crippen LogP contribution in [0.3, 0.4) is 0 Å². The minimum absolute atomic E-state index is 0.00719. The van der Waals surface area contributed by atoms with Gasteiger partial charge in [0, 0.05) is 51.6 Å². The van der Waals surface area contributed by atoms with Gasteiger partial charge in [-0.05, 0) is 88.1 Å². The molecule has 0 radical (unpaired) electrons. The van der Waals surface area contributed by atoms with Crippen LogP contribution >= 0.6 is 11.3 Å². The number of nitrogens with zero attached hydrogens (tertiary/aromatic N) is 4. The Bertz CT molecular complexity index is 2100. The summed E-state index contributed by atoms with van der Waals surface area (Å²) in [7, 11) is 6.77. The van der Waals surface area contributed by atoms with Gasteiger partial charge in [0.1, 0.15) is 16.7 Å². The van der Waals surface area contributed by atoms with Gasteiger partial charge in [-0.2, -0.15) is 0 Å². The van der Waals surface area contributed by atoms with E-state index < -0.39 is 47.9 Å². The monoisotopic (exact) mass is 976 g/mol. The number of benzene rings is 2. The van der Waals surface area contributed by atoms with Gasteiger partial charge in [0.25, 0.3) is 0 Å². The van der Waals surface area contributed by atoms with Crippen LogP contribution < -0.4 is 16.0 Å². The van der Waals surface area contributed by atoms with Crippen LogP contribution in [0.1, 0.15) is 117 Å². The third kappa shape index (κ3) is 16.1. The van der Waals surface area contributed by atoms with Crippen molar-refractivity contribution >= 4 is 46.7 Å². The highest BCUT2D eigenvalue weighted by atomic mass is 32.1. The Hall–Kier alpha value is -4.90. The van der Waals surface area contributed by atoms with Crippen molar-refractivity contribution in [2.75, 3.05) is 40.2 Å². The molecule has 0 spiro atoms. The zero-order valence-electron chi connectivity index (χ0n) is 43.6. The Kier molecular flexibility index (Phi) is 21.6. The minimum atomic E-state index is -0.862. The second kappa shape index (κ2) is 26.3. The molecule has 69 heavy (non-hydrogen) atoms. The number of ether oxygens (including phenoxy) is 3. The molecule has 2 heterocycles. The van der Waals surface area contributed by atoms with Crippen molar-refractivity contribution in [3.63, 3.8) is 0 Å². The van der Waals surface area contributed by atoms with E-state index in [0.29, 0.717) is 38.0 Å². The molecular formula is C53H81N7O8S. The smallest absolute Gasteiger partial charge is 0.412 e. The third-order valence-electron chi connectivity index (χ3n) is 13.2. The molecule has 1 aromatic heterocycles. The predicted octanol–water partition coefficient (Wildman–Crippen LogP) is 8.11. The molecule has 4 rings (SSSR count). The fourth-order valence-corrected chi connectivity index (χ4v) is 10.3. The Morgan fingerprint density at radius 3 is 2.14 bits per heavy atom. The molecular weight excluding hydrogens is 895 g/mol. The van der Waals surface area contributed by atoms with Crippen molar-refractivity contribution in [3.8, 4) is 0 Å². The summed E-state index contributed by atoms with van der Waals surface area (Å²) in [6.45, 7) is 20.0. The number of anilines is 1. The first kappa shape index (κ1) is 56.7. The molecule has 0 bridgehead atoms. The number of thiazole rings is 1. The summed E-state index contributed by atoms with van der Waals surface area (Å²) in [5.74, 6) is -1.89. The van der Waals surface area contributed by atoms with Crippen LogP contribution in [-0.4, -0.2) is 126 Å². The predicted molar refractivity (Wildman–Crippen MR) is 272 cm³/mol. The largest absolute Gasteiger partial charge is 0.444 e. The summed E-state index contributed by atoms with van der Waals surface area (Å²) >= 11 is 1.50. The fraction of sp³-hybridized carbons (Fsp3) is 0.623. The Labute approximate surface area is 415 Å². The van der Waals surface area contributed by atoms with Gasteiger partial charge in [0.05, 0.1) is 48.7 Å². The molecule has 9 atom stereocenters. The van der Waals surface area contributed by atoms with Gasteiger partial charge in [-0.3, -0.25) is 29.4 Å². The normalized spacial score (nSPS) is 17.6. The van der Waals surface area contributed by atoms with Crippen LogP contribution in [0.4, 0.5) is 10.5 Å². The van der Waals surface area contributed by atoms with E-state index in [4.69, 9.17) is 14.2 Å². The highest BCUT2D eigenvalue weighted by molar-refractivity contribution is 7.09. The number of carbonyl (C=O) groups excluding carboxylic acids is 5. The maximum absolute atomic E-state index is 14.7. The van der Waals surface area contributed by atoms with Gasteiger partial charge in [0.2, 0.25) is 23.6 Å². The quantitative estimate of drug-likeness (QED) is 0.0797. The molecule has 382 valence electrons. The summed E-state index contributed by atoms with van der Waals surface area (Å²) in [5, 5.41) is 11.9. The highest BCUT2D eigenvalue weighted by Gasteiger charge is 2.43. The zero-order chi connectivity index (χ0) is 51.2. The number of rotatable bonds is 24. The van der Waals surface area contributed by atoms with Gasteiger partial charge >= 0.3 is 6.09 Å². The average molecular weight is 976 g/mol. The second-order valence-electron chi connectivity index (χ2n) is 20.4. The molecule has 0 aliphatic carbocycles. The molecule has 1 aliphatic rings. The Balaban J connectivity index is 1.47. The number of hydrogen-bond donors (Lipinski definition) is 3. The molecule has 3 aromatic rings. The number of hydrogen-bond acceptors (Lipinski definition) is 11. The molecule has 2 aromatic carbocycles. The number of amides is 5. The Morgan fingerprint density at radius 1 is 0.884 bits per heavy atom. The number of likely N-dealkylation sites (tertiary alicyclic amines) is 1. The lowest BCUT2D eigenvalue weighted by atomic mass is 9.89. The molecule has 0 saturated carbocycles. The topological polar surface area (TPSA) is 172 Å². The van der Waals surface area contributed by atoms with E-state index in [-0.39, 0.29) is 59.9 Å². The first-order valence-electron chi connectivity index (χ1n) is 24.5. The summed E-state index contributed by atoms with van der Waals surface area (Å²) in [5.41, 5.74) is 1.89. The molecule has 16 heteroatoms. The van der Waals surface area contributed by atoms with Crippen LogP contribution in [0.15, 0.2) is 66.2 Å². The average Bonchev–Trinajstić information content (AvgIpc) is 4.01. The van der Waals surface area contributed by atoms with Crippen LogP contribution in [0.5, 0.6) is 0 Å². The lowest BCUT2D eigenvalue weighted by Gasteiger charge is -2.41. The summed E-state index contributed by atoms with van der Waals surface area (Å²) < 4.78 is 17.6. The first-order chi connectivity index (χ1) is 32.6. The summed E-state index contributed by atoms with van der Waals surface area (Å²) in [6.07, 6.45) is 2.67. The van der Waals surface area contributed by atoms with E-state index in [1.54, 1.807) is 59.2 Å². The lowest BCUT2D eigenvalue weighted by molar-refractivity contribution is -0.148. The van der Waals surface area contributed by atoms with Gasteiger partial charge in [-0.25, -0.2) is 9.78 Å². The molecule has 3 N–H and O–H groups in total. The second-order valence-corrected chi connectivity index (χ2v) is 21.3. The van der Waals surface area contributed by atoms with E-state index in [9.17, 15) is 24.0 Å². The third-order valence-corrected chi connectivity index (χ3v) is 14.1. The summed E-state index contributed by atoms with van der Waals surface area (Å²) in [6, 6.07) is 14.8. The molecule has 1 unspecified atom stereocenters. The maximum Gasteiger partial charge on any atom is 0.412 e. The van der Waals surface area contributed by atoms with Crippen LogP contribution in [0.25, 0.3) is 0 Å². The van der Waals surface area contributed by atoms with Crippen molar-refractivity contribution in [2.45, 2.75) is 156 Å². The van der Waals surface area contributed by atoms with Crippen LogP contribution in [0.2, 0.25) is 0 Å². The molecule has 5 amide bonds. The van der Waals surface area contributed by atoms with E-state index >= 15 is 0 Å². The number of carbonyl (C=O) groups is 5. The van der Waals surface area contributed by atoms with E-state index in [1.807, 2.05) is 119 Å². The van der Waals surface area contributed by atoms with E-state index in [0.717, 1.165) is 22.6 Å². The van der Waals surface area contributed by atoms with Crippen molar-refractivity contribution in [1.82, 2.24) is 30.3 Å². The number of nitrogens with one attached hydrogen (secondary N) is 3. The van der Waals surface area contributed by atoms with E-state index in [1.165, 1.54) is 11.3 Å². The van der Waals surface area contributed by atoms with Crippen molar-refractivity contribution in [2.24, 2.45) is 23.7 Å². The molecule has 1 aliphatic heterocycles. The van der Waals surface area contributed by atoms with Crippen molar-refractivity contribution in [1.29, 1.82) is 0 Å². The zero-order valence-corrected chi connectivity index (χ0v) is 44.4. The Morgan fingerprint density at radius 2 is 1.57 bits per heavy atom. The van der Waals surface area contributed by atoms with Crippen LogP contribution in [-0.2, 0) is 46.4 Å². The molecule has 1 saturated heterocycles. The van der Waals surface area contributed by atoms with Gasteiger partial charge in [-0.15, -0.1) is 11.3 Å². The lowest BCUT2D eigenvalue weighted by Crippen LogP contribution is -2.60. The van der Waals surface area contributed by atoms with Gasteiger partial charge in [-0.1, -0.05) is 97.4 Å². The maximum atomic E-state index is 14.7. The summed E-state index contributed by atoms with van der Waals surface area (Å²) in [4.78, 5) is 80.0. The molecule has 1 fully saturated rings.